The van der Waals surface area contributed by atoms with E-state index >= 15 is 0 Å². The van der Waals surface area contributed by atoms with E-state index in [1.807, 2.05) is 48.7 Å². The quantitative estimate of drug-likeness (QED) is 0.289. The van der Waals surface area contributed by atoms with E-state index < -0.39 is 0 Å². The van der Waals surface area contributed by atoms with E-state index in [0.717, 1.165) is 39.2 Å². The summed E-state index contributed by atoms with van der Waals surface area (Å²) in [6.07, 6.45) is 3.60. The number of nitrogens with zero attached hydrogens (tertiary/aromatic N) is 3. The van der Waals surface area contributed by atoms with Crippen molar-refractivity contribution in [3.63, 3.8) is 0 Å². The number of rotatable bonds is 4. The zero-order chi connectivity index (χ0) is 20.2. The third-order valence-corrected chi connectivity index (χ3v) is 4.91. The number of para-hydroxylation sites is 1. The Morgan fingerprint density at radius 1 is 1.03 bits per heavy atom. The SMILES string of the molecule is Cc1cc(/C=N/NC(=S)Nc2ccccc2)c(C)n1-c1ccc2ncccc2c1. The molecule has 4 aromatic rings. The third-order valence-electron chi connectivity index (χ3n) is 4.72. The summed E-state index contributed by atoms with van der Waals surface area (Å²) in [5.74, 6) is 0. The molecule has 144 valence electrons. The van der Waals surface area contributed by atoms with Crippen LogP contribution in [0.3, 0.4) is 0 Å². The van der Waals surface area contributed by atoms with Gasteiger partial charge in [0.1, 0.15) is 0 Å². The number of benzene rings is 2. The van der Waals surface area contributed by atoms with Gasteiger partial charge in [-0.2, -0.15) is 5.10 Å². The molecule has 2 aromatic heterocycles. The minimum Gasteiger partial charge on any atom is -0.331 e. The Bertz CT molecular complexity index is 1190. The number of aromatic nitrogens is 2. The molecule has 2 N–H and O–H groups in total. The molecule has 0 radical (unpaired) electrons. The number of thiocarbonyl (C=S) groups is 1. The third kappa shape index (κ3) is 4.17. The highest BCUT2D eigenvalue weighted by atomic mass is 32.1. The fraction of sp³-hybridized carbons (Fsp3) is 0.0870. The summed E-state index contributed by atoms with van der Waals surface area (Å²) in [5.41, 5.74) is 9.17. The highest BCUT2D eigenvalue weighted by Crippen LogP contribution is 2.22. The zero-order valence-electron chi connectivity index (χ0n) is 16.3. The lowest BCUT2D eigenvalue weighted by Crippen LogP contribution is -2.23. The lowest BCUT2D eigenvalue weighted by Gasteiger charge is -2.10. The van der Waals surface area contributed by atoms with Gasteiger partial charge in [0.2, 0.25) is 0 Å². The second kappa shape index (κ2) is 8.24. The van der Waals surface area contributed by atoms with Crippen molar-refractivity contribution in [2.45, 2.75) is 13.8 Å². The fourth-order valence-corrected chi connectivity index (χ4v) is 3.53. The van der Waals surface area contributed by atoms with Crippen LogP contribution in [-0.4, -0.2) is 20.9 Å². The number of hydrogen-bond donors (Lipinski definition) is 2. The van der Waals surface area contributed by atoms with Gasteiger partial charge in [-0.05, 0) is 68.5 Å². The van der Waals surface area contributed by atoms with Crippen LogP contribution < -0.4 is 10.7 Å². The van der Waals surface area contributed by atoms with Crippen LogP contribution >= 0.6 is 12.2 Å². The Labute approximate surface area is 175 Å². The van der Waals surface area contributed by atoms with E-state index in [9.17, 15) is 0 Å². The molecule has 5 nitrogen and oxygen atoms in total. The summed E-state index contributed by atoms with van der Waals surface area (Å²) in [6, 6.07) is 22.2. The van der Waals surface area contributed by atoms with Crippen LogP contribution in [0.4, 0.5) is 5.69 Å². The normalized spacial score (nSPS) is 11.1. The fourth-order valence-electron chi connectivity index (χ4n) is 3.36. The van der Waals surface area contributed by atoms with Crippen LogP contribution in [0.5, 0.6) is 0 Å². The number of hydrogen-bond acceptors (Lipinski definition) is 3. The van der Waals surface area contributed by atoms with E-state index in [-0.39, 0.29) is 0 Å². The first-order chi connectivity index (χ1) is 14.1. The maximum absolute atomic E-state index is 5.29. The molecular formula is C23H21N5S. The standard InChI is InChI=1S/C23H21N5S/c1-16-13-19(15-25-27-23(29)26-20-8-4-3-5-9-20)17(2)28(16)21-10-11-22-18(14-21)7-6-12-24-22/h3-15H,1-2H3,(H2,26,27,29)/b25-15+. The van der Waals surface area contributed by atoms with Gasteiger partial charge in [0.05, 0.1) is 11.7 Å². The average Bonchev–Trinajstić information content (AvgIpc) is 3.01. The lowest BCUT2D eigenvalue weighted by molar-refractivity contribution is 0.966. The first kappa shape index (κ1) is 18.8. The molecule has 0 aliphatic heterocycles. The molecule has 0 atom stereocenters. The van der Waals surface area contributed by atoms with E-state index in [4.69, 9.17) is 12.2 Å². The second-order valence-electron chi connectivity index (χ2n) is 6.73. The summed E-state index contributed by atoms with van der Waals surface area (Å²) in [5, 5.41) is 8.96. The molecule has 0 fully saturated rings. The topological polar surface area (TPSA) is 54.2 Å². The van der Waals surface area contributed by atoms with Gasteiger partial charge in [0.25, 0.3) is 0 Å². The highest BCUT2D eigenvalue weighted by molar-refractivity contribution is 7.80. The minimum absolute atomic E-state index is 0.447. The van der Waals surface area contributed by atoms with E-state index in [0.29, 0.717) is 5.11 Å². The molecule has 6 heteroatoms. The second-order valence-corrected chi connectivity index (χ2v) is 7.14. The van der Waals surface area contributed by atoms with Gasteiger partial charge in [-0.1, -0.05) is 24.3 Å². The van der Waals surface area contributed by atoms with Crippen LogP contribution in [-0.2, 0) is 0 Å². The predicted molar refractivity (Wildman–Crippen MR) is 124 cm³/mol. The molecule has 0 unspecified atom stereocenters. The van der Waals surface area contributed by atoms with Crippen LogP contribution in [0, 0.1) is 13.8 Å². The van der Waals surface area contributed by atoms with Crippen molar-refractivity contribution >= 4 is 40.1 Å². The molecule has 0 amide bonds. The first-order valence-electron chi connectivity index (χ1n) is 9.31. The molecule has 0 aliphatic rings. The van der Waals surface area contributed by atoms with Crippen LogP contribution in [0.2, 0.25) is 0 Å². The molecule has 2 heterocycles. The highest BCUT2D eigenvalue weighted by Gasteiger charge is 2.10. The average molecular weight is 400 g/mol. The molecule has 0 saturated heterocycles. The molecule has 0 bridgehead atoms. The lowest BCUT2D eigenvalue weighted by atomic mass is 10.2. The van der Waals surface area contributed by atoms with Crippen molar-refractivity contribution in [1.29, 1.82) is 0 Å². The van der Waals surface area contributed by atoms with Crippen molar-refractivity contribution in [3.8, 4) is 5.69 Å². The summed E-state index contributed by atoms with van der Waals surface area (Å²) in [6.45, 7) is 4.18. The number of fused-ring (bicyclic) bond motifs is 1. The van der Waals surface area contributed by atoms with Crippen molar-refractivity contribution in [1.82, 2.24) is 15.0 Å². The van der Waals surface area contributed by atoms with Crippen molar-refractivity contribution in [2.24, 2.45) is 5.10 Å². The van der Waals surface area contributed by atoms with E-state index in [1.54, 1.807) is 6.21 Å². The Balaban J connectivity index is 1.52. The van der Waals surface area contributed by atoms with Gasteiger partial charge in [-0.3, -0.25) is 10.4 Å². The summed E-state index contributed by atoms with van der Waals surface area (Å²) in [7, 11) is 0. The first-order valence-corrected chi connectivity index (χ1v) is 9.72. The zero-order valence-corrected chi connectivity index (χ0v) is 17.1. The largest absolute Gasteiger partial charge is 0.331 e. The van der Waals surface area contributed by atoms with Crippen molar-refractivity contribution in [2.75, 3.05) is 5.32 Å². The molecule has 29 heavy (non-hydrogen) atoms. The summed E-state index contributed by atoms with van der Waals surface area (Å²) >= 11 is 5.29. The van der Waals surface area contributed by atoms with Gasteiger partial charge in [-0.15, -0.1) is 0 Å². The summed E-state index contributed by atoms with van der Waals surface area (Å²) < 4.78 is 2.22. The monoisotopic (exact) mass is 399 g/mol. The molecule has 0 spiro atoms. The van der Waals surface area contributed by atoms with Gasteiger partial charge in [-0.25, -0.2) is 0 Å². The van der Waals surface area contributed by atoms with Crippen molar-refractivity contribution < 1.29 is 0 Å². The minimum atomic E-state index is 0.447. The maximum Gasteiger partial charge on any atom is 0.191 e. The van der Waals surface area contributed by atoms with Crippen molar-refractivity contribution in [3.05, 3.63) is 89.9 Å². The molecule has 2 aromatic carbocycles. The van der Waals surface area contributed by atoms with Gasteiger partial charge in [0, 0.05) is 39.9 Å². The van der Waals surface area contributed by atoms with Crippen LogP contribution in [0.25, 0.3) is 16.6 Å². The van der Waals surface area contributed by atoms with Gasteiger partial charge < -0.3 is 9.88 Å². The number of nitrogens with one attached hydrogen (secondary N) is 2. The van der Waals surface area contributed by atoms with Crippen LogP contribution in [0.1, 0.15) is 17.0 Å². The Hall–Kier alpha value is -3.51. The predicted octanol–water partition coefficient (Wildman–Crippen LogP) is 4.96. The molecule has 4 rings (SSSR count). The Kier molecular flexibility index (Phi) is 5.35. The van der Waals surface area contributed by atoms with Gasteiger partial charge in [0.15, 0.2) is 5.11 Å². The van der Waals surface area contributed by atoms with Crippen LogP contribution in [0.15, 0.2) is 78.0 Å². The van der Waals surface area contributed by atoms with E-state index in [2.05, 4.69) is 63.5 Å². The number of pyridine rings is 1. The molecule has 0 aliphatic carbocycles. The summed E-state index contributed by atoms with van der Waals surface area (Å²) in [4.78, 5) is 4.40. The molecule has 0 saturated carbocycles. The smallest absolute Gasteiger partial charge is 0.191 e. The Morgan fingerprint density at radius 3 is 2.69 bits per heavy atom. The van der Waals surface area contributed by atoms with Gasteiger partial charge >= 0.3 is 0 Å². The number of aryl methyl sites for hydroxylation is 1. The van der Waals surface area contributed by atoms with E-state index in [1.165, 1.54) is 0 Å². The number of hydrazone groups is 1. The maximum atomic E-state index is 5.29. The molecular weight excluding hydrogens is 378 g/mol. The Morgan fingerprint density at radius 2 is 1.86 bits per heavy atom. The number of anilines is 1.